The number of fused-ring (bicyclic) bond motifs is 1. The zero-order chi connectivity index (χ0) is 19.2. The van der Waals surface area contributed by atoms with Crippen molar-refractivity contribution in [2.75, 3.05) is 0 Å². The molecule has 0 bridgehead atoms. The molecule has 0 saturated heterocycles. The normalized spacial score (nSPS) is 12.3. The molecule has 0 radical (unpaired) electrons. The number of ether oxygens (including phenoxy) is 1. The number of nitrogens with one attached hydrogen (secondary N) is 1. The molecule has 1 N–H and O–H groups in total. The molecule has 1 amide bonds. The number of benzene rings is 3. The van der Waals surface area contributed by atoms with Gasteiger partial charge >= 0.3 is 0 Å². The van der Waals surface area contributed by atoms with E-state index >= 15 is 0 Å². The summed E-state index contributed by atoms with van der Waals surface area (Å²) < 4.78 is 6.76. The number of carbonyl (C=O) groups excluding carboxylic acids is 1. The van der Waals surface area contributed by atoms with Crippen molar-refractivity contribution in [2.24, 2.45) is 5.10 Å². The molecule has 0 saturated carbocycles. The molecule has 0 spiro atoms. The van der Waals surface area contributed by atoms with Gasteiger partial charge in [0.2, 0.25) is 0 Å². The van der Waals surface area contributed by atoms with Crippen molar-refractivity contribution >= 4 is 50.4 Å². The lowest BCUT2D eigenvalue weighted by Gasteiger charge is -2.17. The molecule has 0 aliphatic rings. The third kappa shape index (κ3) is 4.87. The van der Waals surface area contributed by atoms with Crippen LogP contribution in [0.3, 0.4) is 0 Å². The van der Waals surface area contributed by atoms with Gasteiger partial charge in [-0.15, -0.1) is 0 Å². The minimum Gasteiger partial charge on any atom is -0.479 e. The molecule has 6 heteroatoms. The van der Waals surface area contributed by atoms with Crippen LogP contribution in [0.1, 0.15) is 18.9 Å². The monoisotopic (exact) mass is 444 g/mol. The van der Waals surface area contributed by atoms with E-state index in [1.165, 1.54) is 0 Å². The third-order valence-corrected chi connectivity index (χ3v) is 5.05. The van der Waals surface area contributed by atoms with Gasteiger partial charge in [0.1, 0.15) is 5.75 Å². The first-order valence-electron chi connectivity index (χ1n) is 8.51. The summed E-state index contributed by atoms with van der Waals surface area (Å²) in [6.45, 7) is 1.89. The highest BCUT2D eigenvalue weighted by atomic mass is 79.9. The van der Waals surface area contributed by atoms with Crippen molar-refractivity contribution in [1.82, 2.24) is 5.43 Å². The summed E-state index contributed by atoms with van der Waals surface area (Å²) in [7, 11) is 0. The molecule has 138 valence electrons. The van der Waals surface area contributed by atoms with E-state index in [-0.39, 0.29) is 5.91 Å². The highest BCUT2D eigenvalue weighted by molar-refractivity contribution is 9.10. The van der Waals surface area contributed by atoms with E-state index in [0.29, 0.717) is 17.2 Å². The van der Waals surface area contributed by atoms with Gasteiger partial charge in [-0.05, 0) is 56.9 Å². The van der Waals surface area contributed by atoms with Crippen LogP contribution in [0.4, 0.5) is 0 Å². The van der Waals surface area contributed by atoms with Crippen molar-refractivity contribution in [2.45, 2.75) is 19.4 Å². The van der Waals surface area contributed by atoms with Gasteiger partial charge in [0, 0.05) is 5.02 Å². The summed E-state index contributed by atoms with van der Waals surface area (Å²) in [4.78, 5) is 12.4. The van der Waals surface area contributed by atoms with Gasteiger partial charge in [-0.3, -0.25) is 4.79 Å². The second-order valence-electron chi connectivity index (χ2n) is 5.90. The Labute approximate surface area is 171 Å². The SMILES string of the molecule is CC[C@@H](Oc1ccc2ccccc2c1Br)C(=O)N/N=C\c1cccc(Cl)c1. The number of rotatable bonds is 6. The van der Waals surface area contributed by atoms with Crippen LogP contribution >= 0.6 is 27.5 Å². The standard InChI is InChI=1S/C21H18BrClN2O2/c1-2-18(21(26)25-24-13-14-6-5-8-16(23)12-14)27-19-11-10-15-7-3-4-9-17(15)20(19)22/h3-13,18H,2H2,1H3,(H,25,26)/b24-13-/t18-/m1/s1. The highest BCUT2D eigenvalue weighted by Gasteiger charge is 2.19. The highest BCUT2D eigenvalue weighted by Crippen LogP contribution is 2.33. The Balaban J connectivity index is 1.69. The molecular weight excluding hydrogens is 428 g/mol. The van der Waals surface area contributed by atoms with E-state index in [0.717, 1.165) is 20.8 Å². The Hall–Kier alpha value is -2.37. The van der Waals surface area contributed by atoms with E-state index in [1.807, 2.05) is 55.5 Å². The first-order chi connectivity index (χ1) is 13.1. The van der Waals surface area contributed by atoms with Crippen LogP contribution < -0.4 is 10.2 Å². The fourth-order valence-electron chi connectivity index (χ4n) is 2.61. The Morgan fingerprint density at radius 2 is 2.04 bits per heavy atom. The van der Waals surface area contributed by atoms with Crippen LogP contribution in [0.2, 0.25) is 5.02 Å². The van der Waals surface area contributed by atoms with Crippen LogP contribution in [-0.4, -0.2) is 18.2 Å². The Morgan fingerprint density at radius 3 is 2.81 bits per heavy atom. The summed E-state index contributed by atoms with van der Waals surface area (Å²) in [5.74, 6) is 0.311. The van der Waals surface area contributed by atoms with Crippen LogP contribution in [-0.2, 0) is 4.79 Å². The van der Waals surface area contributed by atoms with Crippen molar-refractivity contribution in [3.05, 3.63) is 75.7 Å². The van der Waals surface area contributed by atoms with Gasteiger partial charge in [0.15, 0.2) is 6.10 Å². The average Bonchev–Trinajstić information content (AvgIpc) is 2.68. The summed E-state index contributed by atoms with van der Waals surface area (Å²) in [5.41, 5.74) is 3.33. The van der Waals surface area contributed by atoms with Crippen molar-refractivity contribution in [3.63, 3.8) is 0 Å². The molecule has 0 aliphatic heterocycles. The van der Waals surface area contributed by atoms with Crippen LogP contribution in [0.25, 0.3) is 10.8 Å². The van der Waals surface area contributed by atoms with Gasteiger partial charge in [-0.2, -0.15) is 5.10 Å². The largest absolute Gasteiger partial charge is 0.479 e. The summed E-state index contributed by atoms with van der Waals surface area (Å²) in [6, 6.07) is 19.0. The van der Waals surface area contributed by atoms with E-state index in [2.05, 4.69) is 26.5 Å². The molecule has 0 aliphatic carbocycles. The number of carbonyl (C=O) groups is 1. The average molecular weight is 446 g/mol. The summed E-state index contributed by atoms with van der Waals surface area (Å²) in [5, 5.41) is 6.73. The molecule has 4 nitrogen and oxygen atoms in total. The van der Waals surface area contributed by atoms with Gasteiger partial charge in [0.25, 0.3) is 5.91 Å². The second kappa shape index (κ2) is 9.02. The number of hydrazone groups is 1. The number of nitrogens with zero attached hydrogens (tertiary/aromatic N) is 1. The maximum absolute atomic E-state index is 12.4. The number of hydrogen-bond acceptors (Lipinski definition) is 3. The maximum atomic E-state index is 12.4. The zero-order valence-electron chi connectivity index (χ0n) is 14.7. The van der Waals surface area contributed by atoms with Gasteiger partial charge in [-0.25, -0.2) is 5.43 Å². The van der Waals surface area contributed by atoms with E-state index in [9.17, 15) is 4.79 Å². The fourth-order valence-corrected chi connectivity index (χ4v) is 3.39. The molecule has 27 heavy (non-hydrogen) atoms. The van der Waals surface area contributed by atoms with Gasteiger partial charge < -0.3 is 4.74 Å². The van der Waals surface area contributed by atoms with E-state index < -0.39 is 6.10 Å². The Morgan fingerprint density at radius 1 is 1.22 bits per heavy atom. The number of hydrogen-bond donors (Lipinski definition) is 1. The lowest BCUT2D eigenvalue weighted by Crippen LogP contribution is -2.35. The molecule has 3 aromatic rings. The zero-order valence-corrected chi connectivity index (χ0v) is 17.0. The number of amides is 1. The first-order valence-corrected chi connectivity index (χ1v) is 9.68. The topological polar surface area (TPSA) is 50.7 Å². The predicted octanol–water partition coefficient (Wildman–Crippen LogP) is 5.56. The van der Waals surface area contributed by atoms with E-state index in [4.69, 9.17) is 16.3 Å². The molecule has 0 aromatic heterocycles. The van der Waals surface area contributed by atoms with E-state index in [1.54, 1.807) is 18.3 Å². The second-order valence-corrected chi connectivity index (χ2v) is 7.13. The van der Waals surface area contributed by atoms with Gasteiger partial charge in [-0.1, -0.05) is 61.0 Å². The molecule has 1 atom stereocenters. The third-order valence-electron chi connectivity index (χ3n) is 4.00. The van der Waals surface area contributed by atoms with Gasteiger partial charge in [0.05, 0.1) is 10.7 Å². The quantitative estimate of drug-likeness (QED) is 0.399. The van der Waals surface area contributed by atoms with Crippen LogP contribution in [0, 0.1) is 0 Å². The van der Waals surface area contributed by atoms with Crippen molar-refractivity contribution < 1.29 is 9.53 Å². The Bertz CT molecular complexity index is 991. The minimum atomic E-state index is -0.654. The first kappa shape index (κ1) is 19.4. The minimum absolute atomic E-state index is 0.309. The molecule has 3 aromatic carbocycles. The molecule has 0 unspecified atom stereocenters. The summed E-state index contributed by atoms with van der Waals surface area (Å²) >= 11 is 9.51. The summed E-state index contributed by atoms with van der Waals surface area (Å²) in [6.07, 6.45) is 1.40. The van der Waals surface area contributed by atoms with Crippen molar-refractivity contribution in [1.29, 1.82) is 0 Å². The molecule has 0 heterocycles. The number of halogens is 2. The molecule has 0 fully saturated rings. The van der Waals surface area contributed by atoms with Crippen LogP contribution in [0.5, 0.6) is 5.75 Å². The van der Waals surface area contributed by atoms with Crippen LogP contribution in [0.15, 0.2) is 70.2 Å². The maximum Gasteiger partial charge on any atom is 0.281 e. The lowest BCUT2D eigenvalue weighted by molar-refractivity contribution is -0.128. The fraction of sp³-hybridized carbons (Fsp3) is 0.143. The predicted molar refractivity (Wildman–Crippen MR) is 114 cm³/mol. The molecular formula is C21H18BrClN2O2. The van der Waals surface area contributed by atoms with Crippen molar-refractivity contribution in [3.8, 4) is 5.75 Å². The Kier molecular flexibility index (Phi) is 6.48. The molecule has 3 rings (SSSR count). The smallest absolute Gasteiger partial charge is 0.281 e. The lowest BCUT2D eigenvalue weighted by atomic mass is 10.1.